The molecule has 108 valence electrons. The summed E-state index contributed by atoms with van der Waals surface area (Å²) in [6, 6.07) is 10.2. The molecule has 21 heavy (non-hydrogen) atoms. The van der Waals surface area contributed by atoms with Crippen LogP contribution in [0.25, 0.3) is 11.3 Å². The van der Waals surface area contributed by atoms with E-state index in [0.29, 0.717) is 0 Å². The first-order valence-corrected chi connectivity index (χ1v) is 7.23. The van der Waals surface area contributed by atoms with Gasteiger partial charge in [-0.1, -0.05) is 30.3 Å². The first-order chi connectivity index (χ1) is 10.4. The molecule has 3 N–H and O–H groups in total. The van der Waals surface area contributed by atoms with Crippen LogP contribution >= 0.6 is 0 Å². The van der Waals surface area contributed by atoms with E-state index in [1.54, 1.807) is 6.33 Å². The van der Waals surface area contributed by atoms with Crippen molar-refractivity contribution in [3.05, 3.63) is 54.7 Å². The van der Waals surface area contributed by atoms with E-state index in [9.17, 15) is 0 Å². The highest BCUT2D eigenvalue weighted by molar-refractivity contribution is 5.59. The molecule has 0 atom stereocenters. The lowest BCUT2D eigenvalue weighted by atomic mass is 10.2. The highest BCUT2D eigenvalue weighted by Crippen LogP contribution is 2.17. The fourth-order valence-electron chi connectivity index (χ4n) is 2.24. The number of aryl methyl sites for hydroxylation is 1. The average molecular weight is 281 g/mol. The second kappa shape index (κ2) is 6.74. The molecule has 0 aliphatic rings. The Balaban J connectivity index is 1.43. The molecule has 0 saturated carbocycles. The third kappa shape index (κ3) is 3.72. The topological polar surface area (TPSA) is 69.4 Å². The van der Waals surface area contributed by atoms with Gasteiger partial charge in [0.1, 0.15) is 0 Å². The fourth-order valence-corrected chi connectivity index (χ4v) is 2.24. The number of aromatic amines is 2. The summed E-state index contributed by atoms with van der Waals surface area (Å²) in [4.78, 5) is 14.8. The van der Waals surface area contributed by atoms with E-state index in [1.165, 1.54) is 5.69 Å². The highest BCUT2D eigenvalue weighted by atomic mass is 15.1. The molecule has 0 aliphatic carbocycles. The van der Waals surface area contributed by atoms with Gasteiger partial charge in [-0.25, -0.2) is 9.97 Å². The Morgan fingerprint density at radius 2 is 1.95 bits per heavy atom. The maximum absolute atomic E-state index is 4.36. The summed E-state index contributed by atoms with van der Waals surface area (Å²) in [5.74, 6) is 0.829. The van der Waals surface area contributed by atoms with Gasteiger partial charge in [0.05, 0.1) is 18.2 Å². The lowest BCUT2D eigenvalue weighted by Gasteiger charge is -2.02. The molecule has 3 aromatic rings. The molecular weight excluding hydrogens is 262 g/mol. The van der Waals surface area contributed by atoms with Crippen LogP contribution in [0.2, 0.25) is 0 Å². The maximum Gasteiger partial charge on any atom is 0.200 e. The molecule has 0 spiro atoms. The van der Waals surface area contributed by atoms with Gasteiger partial charge in [-0.15, -0.1) is 0 Å². The summed E-state index contributed by atoms with van der Waals surface area (Å²) in [6.45, 7) is 0.913. The fraction of sp³-hybridized carbons (Fsp3) is 0.250. The molecule has 3 rings (SSSR count). The van der Waals surface area contributed by atoms with Gasteiger partial charge < -0.3 is 15.3 Å². The molecule has 5 nitrogen and oxygen atoms in total. The number of unbranched alkanes of at least 4 members (excludes halogenated alkanes) is 1. The Hall–Kier alpha value is -2.56. The van der Waals surface area contributed by atoms with Crippen molar-refractivity contribution in [1.82, 2.24) is 19.9 Å². The zero-order chi connectivity index (χ0) is 14.3. The van der Waals surface area contributed by atoms with Gasteiger partial charge in [0.25, 0.3) is 0 Å². The largest absolute Gasteiger partial charge is 0.356 e. The van der Waals surface area contributed by atoms with Crippen LogP contribution in [0.5, 0.6) is 0 Å². The van der Waals surface area contributed by atoms with Crippen molar-refractivity contribution in [3.8, 4) is 11.3 Å². The number of rotatable bonds is 7. The smallest absolute Gasteiger partial charge is 0.200 e. The van der Waals surface area contributed by atoms with Gasteiger partial charge in [-0.3, -0.25) is 0 Å². The quantitative estimate of drug-likeness (QED) is 0.582. The lowest BCUT2D eigenvalue weighted by Crippen LogP contribution is -2.03. The molecule has 2 aromatic heterocycles. The predicted molar refractivity (Wildman–Crippen MR) is 84.0 cm³/mol. The minimum absolute atomic E-state index is 0.829. The Morgan fingerprint density at radius 3 is 2.76 bits per heavy atom. The number of nitrogens with zero attached hydrogens (tertiary/aromatic N) is 2. The third-order valence-corrected chi connectivity index (χ3v) is 3.38. The van der Waals surface area contributed by atoms with E-state index >= 15 is 0 Å². The molecule has 0 fully saturated rings. The molecule has 0 bridgehead atoms. The van der Waals surface area contributed by atoms with Crippen molar-refractivity contribution in [3.63, 3.8) is 0 Å². The molecule has 1 aromatic carbocycles. The number of imidazole rings is 2. The van der Waals surface area contributed by atoms with Gasteiger partial charge in [0, 0.05) is 18.4 Å². The predicted octanol–water partition coefficient (Wildman–Crippen LogP) is 3.23. The summed E-state index contributed by atoms with van der Waals surface area (Å²) in [7, 11) is 0. The summed E-state index contributed by atoms with van der Waals surface area (Å²) < 4.78 is 0. The number of benzene rings is 1. The van der Waals surface area contributed by atoms with Gasteiger partial charge in [0.2, 0.25) is 5.95 Å². The first-order valence-electron chi connectivity index (χ1n) is 7.23. The molecular formula is C16H19N5. The van der Waals surface area contributed by atoms with Crippen molar-refractivity contribution in [2.24, 2.45) is 0 Å². The Labute approximate surface area is 123 Å². The van der Waals surface area contributed by atoms with E-state index < -0.39 is 0 Å². The van der Waals surface area contributed by atoms with Gasteiger partial charge in [0.15, 0.2) is 0 Å². The van der Waals surface area contributed by atoms with Crippen LogP contribution in [0.15, 0.2) is 49.1 Å². The number of nitrogens with one attached hydrogen (secondary N) is 3. The van der Waals surface area contributed by atoms with Crippen molar-refractivity contribution in [2.45, 2.75) is 19.3 Å². The molecule has 0 radical (unpaired) electrons. The number of hydrogen-bond donors (Lipinski definition) is 3. The normalized spacial score (nSPS) is 10.7. The van der Waals surface area contributed by atoms with Gasteiger partial charge >= 0.3 is 0 Å². The summed E-state index contributed by atoms with van der Waals surface area (Å²) in [6.07, 6.45) is 8.73. The monoisotopic (exact) mass is 281 g/mol. The van der Waals surface area contributed by atoms with Crippen molar-refractivity contribution >= 4 is 5.95 Å². The first kappa shape index (κ1) is 13.4. The van der Waals surface area contributed by atoms with Crippen LogP contribution in [0, 0.1) is 0 Å². The van der Waals surface area contributed by atoms with Gasteiger partial charge in [-0.2, -0.15) is 0 Å². The highest BCUT2D eigenvalue weighted by Gasteiger charge is 2.02. The van der Waals surface area contributed by atoms with Crippen LogP contribution in [0.1, 0.15) is 18.5 Å². The molecule has 0 saturated heterocycles. The van der Waals surface area contributed by atoms with Crippen molar-refractivity contribution in [2.75, 3.05) is 11.9 Å². The lowest BCUT2D eigenvalue weighted by molar-refractivity contribution is 0.749. The third-order valence-electron chi connectivity index (χ3n) is 3.38. The van der Waals surface area contributed by atoms with E-state index in [2.05, 4.69) is 37.4 Å². The summed E-state index contributed by atoms with van der Waals surface area (Å²) in [5, 5.41) is 3.32. The van der Waals surface area contributed by atoms with E-state index in [4.69, 9.17) is 0 Å². The van der Waals surface area contributed by atoms with Crippen LogP contribution in [0.4, 0.5) is 5.95 Å². The number of hydrogen-bond acceptors (Lipinski definition) is 3. The SMILES string of the molecule is c1ccc(-c2cnc(NCCCCc3cnc[nH]3)[nH]2)cc1. The number of H-pyrrole nitrogens is 2. The van der Waals surface area contributed by atoms with Crippen molar-refractivity contribution < 1.29 is 0 Å². The second-order valence-electron chi connectivity index (χ2n) is 4.97. The molecule has 0 aliphatic heterocycles. The number of aromatic nitrogens is 4. The zero-order valence-corrected chi connectivity index (χ0v) is 11.8. The zero-order valence-electron chi connectivity index (χ0n) is 11.8. The molecule has 2 heterocycles. The molecule has 0 amide bonds. The van der Waals surface area contributed by atoms with Crippen LogP contribution in [0.3, 0.4) is 0 Å². The van der Waals surface area contributed by atoms with E-state index in [-0.39, 0.29) is 0 Å². The second-order valence-corrected chi connectivity index (χ2v) is 4.97. The van der Waals surface area contributed by atoms with Crippen molar-refractivity contribution in [1.29, 1.82) is 0 Å². The van der Waals surface area contributed by atoms with Crippen LogP contribution in [-0.4, -0.2) is 26.5 Å². The van der Waals surface area contributed by atoms with Gasteiger partial charge in [-0.05, 0) is 24.8 Å². The van der Waals surface area contributed by atoms with Crippen LogP contribution in [-0.2, 0) is 6.42 Å². The molecule has 5 heteroatoms. The maximum atomic E-state index is 4.36. The van der Waals surface area contributed by atoms with Crippen LogP contribution < -0.4 is 5.32 Å². The number of anilines is 1. The minimum Gasteiger partial charge on any atom is -0.356 e. The average Bonchev–Trinajstić information content (AvgIpc) is 3.19. The van der Waals surface area contributed by atoms with E-state index in [1.807, 2.05) is 30.6 Å². The Morgan fingerprint density at radius 1 is 1.05 bits per heavy atom. The molecule has 0 unspecified atom stereocenters. The summed E-state index contributed by atoms with van der Waals surface area (Å²) in [5.41, 5.74) is 3.38. The Kier molecular flexibility index (Phi) is 4.31. The Bertz CT molecular complexity index is 642. The minimum atomic E-state index is 0.829. The summed E-state index contributed by atoms with van der Waals surface area (Å²) >= 11 is 0. The van der Waals surface area contributed by atoms with E-state index in [0.717, 1.165) is 43.0 Å². The standard InChI is InChI=1S/C16H19N5/c1-2-6-13(7-3-1)15-11-19-16(21-15)18-9-5-4-8-14-10-17-12-20-14/h1-3,6-7,10-12H,4-5,8-9H2,(H,17,20)(H2,18,19,21).